The summed E-state index contributed by atoms with van der Waals surface area (Å²) >= 11 is 0. The Kier molecular flexibility index (Phi) is 28.3. The van der Waals surface area contributed by atoms with Crippen molar-refractivity contribution in [3.8, 4) is 102 Å². The van der Waals surface area contributed by atoms with Crippen molar-refractivity contribution < 1.29 is 141 Å². The highest BCUT2D eigenvalue weighted by atomic mass is 32.2. The molecule has 0 amide bonds. The number of carbonyl (C=O) groups is 6. The van der Waals surface area contributed by atoms with E-state index >= 15 is 4.79 Å². The lowest BCUT2D eigenvalue weighted by Crippen LogP contribution is -2.19. The number of halogens is 3. The number of ether oxygens (including phenoxy) is 7. The lowest BCUT2D eigenvalue weighted by atomic mass is 9.98. The van der Waals surface area contributed by atoms with Gasteiger partial charge in [0.1, 0.15) is 73.8 Å². The maximum Gasteiger partial charge on any atom is 0.573 e. The van der Waals surface area contributed by atoms with Crippen LogP contribution in [0.25, 0.3) is 44.5 Å². The molecule has 0 aliphatic rings. The summed E-state index contributed by atoms with van der Waals surface area (Å²) in [6, 6.07) is 70.0. The molecule has 0 unspecified atom stereocenters. The SMILES string of the molecule is COc1cc(-c2cccc(S(=O)(=O)Nc3ccc(C(=O)Oc4cc(NS(=O)(=O)c5cccc(-c6ccc(Oc7ccccc7)cc6)c5)ccc4C(=O)Oc4cc(NS(=O)(=O)c5cccc(-c6ccccc6C(C)=O)c5)ccc4C(=O)Oc4cc(NS(=O)(=O)c5cccc(-c6ccc(OC(F)(F)F)cc6)c5)ccc4C(=O)O)c(O)c3)c2)ccc1OC(=O)c1ccc(NS(=O)(=O)c2cccc(S(C)(=O)=O)c2)cc1O. The fraction of sp³-hybridized carbons (Fsp3) is 0.0400. The smallest absolute Gasteiger partial charge is 0.507 e. The first-order valence-electron chi connectivity index (χ1n) is 41.3. The average molecular weight is 2040 g/mol. The molecule has 15 aromatic carbocycles. The molecule has 0 aliphatic heterocycles. The van der Waals surface area contributed by atoms with Crippen molar-refractivity contribution in [2.24, 2.45) is 0 Å². The van der Waals surface area contributed by atoms with Crippen LogP contribution >= 0.6 is 0 Å². The van der Waals surface area contributed by atoms with Crippen molar-refractivity contribution in [2.75, 3.05) is 37.0 Å². The third kappa shape index (κ3) is 23.6. The van der Waals surface area contributed by atoms with Crippen LogP contribution in [0, 0.1) is 0 Å². The topological polar surface area (TPSA) is 493 Å². The van der Waals surface area contributed by atoms with Crippen LogP contribution in [0.1, 0.15) is 69.1 Å². The Balaban J connectivity index is 0.721. The molecule has 15 rings (SSSR count). The molecule has 722 valence electrons. The molecule has 142 heavy (non-hydrogen) atoms. The van der Waals surface area contributed by atoms with Crippen molar-refractivity contribution in [1.82, 2.24) is 0 Å². The number of esters is 4. The fourth-order valence-electron chi connectivity index (χ4n) is 14.1. The van der Waals surface area contributed by atoms with E-state index in [0.717, 1.165) is 134 Å². The quantitative estimate of drug-likeness (QED) is 0.0105. The van der Waals surface area contributed by atoms with Gasteiger partial charge in [-0.05, 0) is 227 Å². The maximum atomic E-state index is 15.3. The van der Waals surface area contributed by atoms with Gasteiger partial charge in [-0.2, -0.15) is 0 Å². The fourth-order valence-corrected chi connectivity index (χ4v) is 20.4. The normalized spacial score (nSPS) is 11.8. The maximum absolute atomic E-state index is 15.3. The predicted molar refractivity (Wildman–Crippen MR) is 513 cm³/mol. The number of sulfone groups is 1. The molecule has 0 bridgehead atoms. The number of hydrogen-bond acceptors (Lipinski definition) is 27. The number of carboxylic acids is 1. The van der Waals surface area contributed by atoms with E-state index < -0.39 is 190 Å². The van der Waals surface area contributed by atoms with Gasteiger partial charge in [0, 0.05) is 42.2 Å². The monoisotopic (exact) mass is 2040 g/mol. The van der Waals surface area contributed by atoms with Crippen molar-refractivity contribution in [2.45, 2.75) is 42.7 Å². The number of carbonyl (C=O) groups excluding carboxylic acids is 5. The molecule has 33 nitrogen and oxygen atoms in total. The number of anilines is 5. The molecule has 0 saturated heterocycles. The Bertz CT molecular complexity index is 8350. The number of phenolic OH excluding ortho intramolecular Hbond substituents is 2. The van der Waals surface area contributed by atoms with Crippen LogP contribution in [0.2, 0.25) is 0 Å². The summed E-state index contributed by atoms with van der Waals surface area (Å²) < 4.78 is 255. The Morgan fingerprint density at radius 3 is 1.02 bits per heavy atom. The van der Waals surface area contributed by atoms with Gasteiger partial charge >= 0.3 is 36.2 Å². The molecule has 42 heteroatoms. The highest BCUT2D eigenvalue weighted by molar-refractivity contribution is 7.94. The molecule has 8 N–H and O–H groups in total. The zero-order valence-corrected chi connectivity index (χ0v) is 78.3. The second-order valence-corrected chi connectivity index (χ2v) is 41.3. The minimum atomic E-state index is -5.01. The van der Waals surface area contributed by atoms with Gasteiger partial charge in [0.2, 0.25) is 0 Å². The van der Waals surface area contributed by atoms with Crippen LogP contribution in [0.4, 0.5) is 41.6 Å². The Morgan fingerprint density at radius 2 is 0.613 bits per heavy atom. The van der Waals surface area contributed by atoms with Crippen LogP contribution in [0.15, 0.2) is 363 Å². The lowest BCUT2D eigenvalue weighted by molar-refractivity contribution is -0.274. The van der Waals surface area contributed by atoms with Gasteiger partial charge in [-0.1, -0.05) is 127 Å². The number of hydrogen-bond donors (Lipinski definition) is 8. The van der Waals surface area contributed by atoms with Crippen LogP contribution < -0.4 is 56.8 Å². The van der Waals surface area contributed by atoms with E-state index in [4.69, 9.17) is 28.4 Å². The molecule has 15 aromatic rings. The number of para-hydroxylation sites is 1. The number of aromatic hydroxyl groups is 2. The first-order valence-corrected chi connectivity index (χ1v) is 50.7. The first-order chi connectivity index (χ1) is 67.3. The minimum absolute atomic E-state index is 0.0813. The van der Waals surface area contributed by atoms with Crippen LogP contribution in [0.5, 0.6) is 57.5 Å². The third-order valence-corrected chi connectivity index (χ3v) is 29.0. The summed E-state index contributed by atoms with van der Waals surface area (Å²) in [6.07, 6.45) is -4.12. The molecule has 0 radical (unpaired) electrons. The number of carboxylic acid groups (broad SMARTS) is 1. The molecule has 0 heterocycles. The second-order valence-electron chi connectivity index (χ2n) is 30.8. The van der Waals surface area contributed by atoms with Gasteiger partial charge in [-0.3, -0.25) is 28.4 Å². The average Bonchev–Trinajstić information content (AvgIpc) is 0.778. The van der Waals surface area contributed by atoms with Gasteiger partial charge in [-0.25, -0.2) is 74.5 Å². The van der Waals surface area contributed by atoms with Gasteiger partial charge in [-0.15, -0.1) is 13.2 Å². The number of aromatic carboxylic acids is 1. The molecule has 0 saturated carbocycles. The minimum Gasteiger partial charge on any atom is -0.507 e. The van der Waals surface area contributed by atoms with E-state index in [1.807, 2.05) is 6.07 Å². The number of alkyl halides is 3. The first kappa shape index (κ1) is 99.3. The van der Waals surface area contributed by atoms with Gasteiger partial charge in [0.25, 0.3) is 50.1 Å². The number of Topliss-reactive ketones (excluding diaryl/α,β-unsaturated/α-hetero) is 1. The predicted octanol–water partition coefficient (Wildman–Crippen LogP) is 18.7. The van der Waals surface area contributed by atoms with Gasteiger partial charge < -0.3 is 48.5 Å². The van der Waals surface area contributed by atoms with E-state index in [9.17, 15) is 103 Å². The van der Waals surface area contributed by atoms with Crippen molar-refractivity contribution in [3.63, 3.8) is 0 Å². The summed E-state index contributed by atoms with van der Waals surface area (Å²) in [7, 11) is -25.9. The summed E-state index contributed by atoms with van der Waals surface area (Å²) in [5, 5.41) is 33.1. The summed E-state index contributed by atoms with van der Waals surface area (Å²) in [4.78, 5) is 82.0. The molecule has 0 fully saturated rings. The zero-order valence-electron chi connectivity index (χ0n) is 73.4. The molecular weight excluding hydrogens is 1970 g/mol. The van der Waals surface area contributed by atoms with E-state index in [1.165, 1.54) is 141 Å². The second kappa shape index (κ2) is 40.5. The molecule has 0 spiro atoms. The number of rotatable bonds is 34. The number of phenols is 2. The largest absolute Gasteiger partial charge is 0.573 e. The van der Waals surface area contributed by atoms with Crippen LogP contribution in [-0.4, -0.2) is 121 Å². The summed E-state index contributed by atoms with van der Waals surface area (Å²) in [6.45, 7) is 1.31. The molecule has 0 atom stereocenters. The van der Waals surface area contributed by atoms with Crippen LogP contribution in [0.3, 0.4) is 0 Å². The highest BCUT2D eigenvalue weighted by Gasteiger charge is 2.33. The van der Waals surface area contributed by atoms with Crippen molar-refractivity contribution >= 4 is 124 Å². The third-order valence-electron chi connectivity index (χ3n) is 20.9. The summed E-state index contributed by atoms with van der Waals surface area (Å²) in [5.41, 5.74) is -2.79. The van der Waals surface area contributed by atoms with Gasteiger partial charge in [0.15, 0.2) is 27.1 Å². The molecular formula is C100H72F3N5O28S6. The van der Waals surface area contributed by atoms with Crippen molar-refractivity contribution in [3.05, 3.63) is 367 Å². The van der Waals surface area contributed by atoms with Crippen molar-refractivity contribution in [1.29, 1.82) is 0 Å². The highest BCUT2D eigenvalue weighted by Crippen LogP contribution is 2.41. The Labute approximate surface area is 808 Å². The van der Waals surface area contributed by atoms with Gasteiger partial charge in [0.05, 0.1) is 64.9 Å². The molecule has 0 aliphatic carbocycles. The Morgan fingerprint density at radius 1 is 0.289 bits per heavy atom. The standard InChI is InChI=1S/C100H72F3N5O28S6/c1-59(109)81-26-7-8-27-82(81)66-17-12-24-79(51-66)141(126,127)108-71-37-46-87(98(116)133-91-55-69(35-44-85(91)95(112)113)106-139(122,123)77-22-10-15-63(49-77)61-30-40-74(41-31-61)136-100(101,102)103)93(57-71)135-99(117)86-45-36-70(107-140(124,125)76-21-9-14-62(48-76)60-28-38-73(39-29-60)131-72-18-5-4-6-19-72)56-92(86)134-97(115)84-43-34-67(53-89(84)111)104-138(120,121)78-23-11-16-64(50-78)65-32-47-90(94(52-65)130-2)132-96(114)83-42-33-68(54-88(83)110)105-142(128,129)80-25-13-20-75(58-80)137(3,118)119/h4-58,104-108,110-111H,1-3H3,(H,112,113). The van der Waals surface area contributed by atoms with E-state index in [1.54, 1.807) is 72.8 Å². The van der Waals surface area contributed by atoms with E-state index in [-0.39, 0.29) is 76.7 Å². The summed E-state index contributed by atoms with van der Waals surface area (Å²) in [5.74, 6) is -12.3. The number of nitrogens with one attached hydrogen (secondary N) is 5. The molecule has 0 aromatic heterocycles. The number of methoxy groups -OCH3 is 1. The zero-order chi connectivity index (χ0) is 102. The van der Waals surface area contributed by atoms with E-state index in [0.29, 0.717) is 28.2 Å². The lowest BCUT2D eigenvalue weighted by Gasteiger charge is -2.17. The van der Waals surface area contributed by atoms with Crippen LogP contribution in [-0.2, 0) is 60.0 Å². The Hall–Kier alpha value is -17.2. The number of benzene rings is 15. The van der Waals surface area contributed by atoms with E-state index in [2.05, 4.69) is 28.3 Å². The number of sulfonamides is 5. The number of ketones is 1.